The van der Waals surface area contributed by atoms with Crippen molar-refractivity contribution >= 4 is 17.7 Å². The molecule has 0 aromatic rings. The first-order valence-electron chi connectivity index (χ1n) is 6.54. The molecule has 1 heterocycles. The zero-order chi connectivity index (χ0) is 12.5. The Hall–Kier alpha value is -0.220. The second kappa shape index (κ2) is 4.81. The first kappa shape index (κ1) is 13.2. The number of rotatable bonds is 4. The van der Waals surface area contributed by atoms with Crippen LogP contribution in [0.1, 0.15) is 40.0 Å². The summed E-state index contributed by atoms with van der Waals surface area (Å²) in [7, 11) is 0. The van der Waals surface area contributed by atoms with E-state index in [1.165, 1.54) is 12.8 Å². The summed E-state index contributed by atoms with van der Waals surface area (Å²) in [6.45, 7) is 6.73. The minimum absolute atomic E-state index is 0.0207. The molecule has 0 aromatic heterocycles. The molecule has 0 radical (unpaired) electrons. The van der Waals surface area contributed by atoms with Gasteiger partial charge in [0, 0.05) is 11.8 Å². The van der Waals surface area contributed by atoms with Gasteiger partial charge in [0.25, 0.3) is 0 Å². The van der Waals surface area contributed by atoms with Crippen molar-refractivity contribution in [1.29, 1.82) is 0 Å². The quantitative estimate of drug-likeness (QED) is 0.784. The molecule has 2 rings (SSSR count). The van der Waals surface area contributed by atoms with Crippen molar-refractivity contribution in [2.75, 3.05) is 18.1 Å². The van der Waals surface area contributed by atoms with E-state index in [4.69, 9.17) is 4.74 Å². The molecular formula is C13H23NO2S. The van der Waals surface area contributed by atoms with Crippen molar-refractivity contribution in [2.24, 2.45) is 5.41 Å². The Bertz CT molecular complexity index is 302. The Balaban J connectivity index is 2.22. The smallest absolute Gasteiger partial charge is 0.327 e. The average molecular weight is 257 g/mol. The Morgan fingerprint density at radius 3 is 2.71 bits per heavy atom. The zero-order valence-electron chi connectivity index (χ0n) is 11.0. The van der Waals surface area contributed by atoms with Crippen LogP contribution in [-0.4, -0.2) is 35.7 Å². The number of hydrogen-bond acceptors (Lipinski definition) is 4. The van der Waals surface area contributed by atoms with Crippen LogP contribution in [0.4, 0.5) is 0 Å². The molecule has 1 atom stereocenters. The second-order valence-corrected chi connectivity index (χ2v) is 6.84. The first-order chi connectivity index (χ1) is 8.02. The topological polar surface area (TPSA) is 38.3 Å². The molecular weight excluding hydrogens is 234 g/mol. The van der Waals surface area contributed by atoms with E-state index in [9.17, 15) is 4.79 Å². The Labute approximate surface area is 108 Å². The minimum atomic E-state index is -0.479. The molecule has 1 unspecified atom stereocenters. The third-order valence-corrected chi connectivity index (χ3v) is 5.13. The summed E-state index contributed by atoms with van der Waals surface area (Å²) in [5.41, 5.74) is -0.500. The summed E-state index contributed by atoms with van der Waals surface area (Å²) >= 11 is 1.86. The predicted molar refractivity (Wildman–Crippen MR) is 71.2 cm³/mol. The molecule has 2 aliphatic rings. The van der Waals surface area contributed by atoms with E-state index in [0.29, 0.717) is 12.6 Å². The maximum Gasteiger partial charge on any atom is 0.327 e. The summed E-state index contributed by atoms with van der Waals surface area (Å²) < 4.78 is 5.33. The molecule has 1 saturated carbocycles. The molecule has 1 N–H and O–H groups in total. The molecule has 0 bridgehead atoms. The van der Waals surface area contributed by atoms with Crippen molar-refractivity contribution in [2.45, 2.75) is 51.6 Å². The lowest BCUT2D eigenvalue weighted by Gasteiger charge is -2.48. The Morgan fingerprint density at radius 1 is 1.47 bits per heavy atom. The van der Waals surface area contributed by atoms with Crippen LogP contribution in [0.2, 0.25) is 0 Å². The van der Waals surface area contributed by atoms with Crippen LogP contribution >= 0.6 is 11.8 Å². The summed E-state index contributed by atoms with van der Waals surface area (Å²) in [5, 5.41) is 3.59. The molecule has 1 aliphatic carbocycles. The van der Waals surface area contributed by atoms with Gasteiger partial charge in [0.2, 0.25) is 0 Å². The molecule has 98 valence electrons. The Morgan fingerprint density at radius 2 is 2.18 bits per heavy atom. The lowest BCUT2D eigenvalue weighted by molar-refractivity contribution is -0.156. The molecule has 0 amide bonds. The summed E-state index contributed by atoms with van der Waals surface area (Å²) in [4.78, 5) is 12.4. The third-order valence-electron chi connectivity index (χ3n) is 4.00. The van der Waals surface area contributed by atoms with Gasteiger partial charge in [-0.1, -0.05) is 13.8 Å². The van der Waals surface area contributed by atoms with Crippen LogP contribution in [0.25, 0.3) is 0 Å². The number of carbonyl (C=O) groups is 1. The largest absolute Gasteiger partial charge is 0.465 e. The van der Waals surface area contributed by atoms with E-state index < -0.39 is 5.54 Å². The van der Waals surface area contributed by atoms with E-state index in [1.807, 2.05) is 18.7 Å². The van der Waals surface area contributed by atoms with Gasteiger partial charge in [-0.15, -0.1) is 0 Å². The van der Waals surface area contributed by atoms with Crippen LogP contribution in [-0.2, 0) is 9.53 Å². The molecule has 0 aromatic carbocycles. The molecule has 3 nitrogen and oxygen atoms in total. The normalized spacial score (nSPS) is 32.2. The molecule has 2 fully saturated rings. The molecule has 1 aliphatic heterocycles. The molecule has 1 saturated heterocycles. The van der Waals surface area contributed by atoms with E-state index in [2.05, 4.69) is 19.2 Å². The fourth-order valence-electron chi connectivity index (χ4n) is 2.42. The maximum atomic E-state index is 12.4. The van der Waals surface area contributed by atoms with Gasteiger partial charge in [-0.25, -0.2) is 4.79 Å². The van der Waals surface area contributed by atoms with E-state index in [1.54, 1.807) is 0 Å². The number of esters is 1. The van der Waals surface area contributed by atoms with Crippen molar-refractivity contribution < 1.29 is 9.53 Å². The predicted octanol–water partition coefficient (Wildman–Crippen LogP) is 2.20. The van der Waals surface area contributed by atoms with Crippen molar-refractivity contribution in [1.82, 2.24) is 5.32 Å². The van der Waals surface area contributed by atoms with E-state index in [0.717, 1.165) is 17.9 Å². The summed E-state index contributed by atoms with van der Waals surface area (Å²) in [6.07, 6.45) is 3.46. The number of carbonyl (C=O) groups excluding carboxylic acids is 1. The average Bonchev–Trinajstić information content (AvgIpc) is 3.05. The van der Waals surface area contributed by atoms with Gasteiger partial charge in [0.1, 0.15) is 5.54 Å². The van der Waals surface area contributed by atoms with Crippen LogP contribution in [0.3, 0.4) is 0 Å². The summed E-state index contributed by atoms with van der Waals surface area (Å²) in [5.74, 6) is 1.93. The van der Waals surface area contributed by atoms with Gasteiger partial charge >= 0.3 is 5.97 Å². The fourth-order valence-corrected chi connectivity index (χ4v) is 4.12. The number of hydrogen-bond donors (Lipinski definition) is 1. The van der Waals surface area contributed by atoms with Crippen LogP contribution in [0.5, 0.6) is 0 Å². The molecule has 17 heavy (non-hydrogen) atoms. The number of nitrogens with one attached hydrogen (secondary N) is 1. The van der Waals surface area contributed by atoms with Gasteiger partial charge < -0.3 is 4.74 Å². The molecule has 0 spiro atoms. The van der Waals surface area contributed by atoms with E-state index >= 15 is 0 Å². The van der Waals surface area contributed by atoms with Crippen molar-refractivity contribution in [3.63, 3.8) is 0 Å². The Kier molecular flexibility index (Phi) is 3.74. The van der Waals surface area contributed by atoms with Gasteiger partial charge in [-0.2, -0.15) is 11.8 Å². The fraction of sp³-hybridized carbons (Fsp3) is 0.923. The van der Waals surface area contributed by atoms with Crippen molar-refractivity contribution in [3.8, 4) is 0 Å². The van der Waals surface area contributed by atoms with E-state index in [-0.39, 0.29) is 11.4 Å². The maximum absolute atomic E-state index is 12.4. The van der Waals surface area contributed by atoms with Crippen LogP contribution in [0, 0.1) is 5.41 Å². The second-order valence-electron chi connectivity index (χ2n) is 5.73. The van der Waals surface area contributed by atoms with Crippen LogP contribution < -0.4 is 5.32 Å². The highest BCUT2D eigenvalue weighted by Crippen LogP contribution is 2.44. The van der Waals surface area contributed by atoms with Gasteiger partial charge in [0.15, 0.2) is 0 Å². The number of thioether (sulfide) groups is 1. The van der Waals surface area contributed by atoms with Crippen molar-refractivity contribution in [3.05, 3.63) is 0 Å². The third kappa shape index (κ3) is 2.48. The lowest BCUT2D eigenvalue weighted by Crippen LogP contribution is -2.66. The monoisotopic (exact) mass is 257 g/mol. The number of ether oxygens (including phenoxy) is 1. The highest BCUT2D eigenvalue weighted by Gasteiger charge is 2.55. The zero-order valence-corrected chi connectivity index (χ0v) is 11.9. The highest BCUT2D eigenvalue weighted by molar-refractivity contribution is 7.99. The van der Waals surface area contributed by atoms with Gasteiger partial charge in [-0.3, -0.25) is 5.32 Å². The first-order valence-corrected chi connectivity index (χ1v) is 7.70. The van der Waals surface area contributed by atoms with Gasteiger partial charge in [0.05, 0.1) is 6.61 Å². The highest BCUT2D eigenvalue weighted by atomic mass is 32.2. The standard InChI is InChI=1S/C13H23NO2S/c1-4-16-11(15)13(14-10-5-6-10)9-17-8-7-12(13,2)3/h10,14H,4-9H2,1-3H3. The summed E-state index contributed by atoms with van der Waals surface area (Å²) in [6, 6.07) is 0.525. The van der Waals surface area contributed by atoms with Crippen LogP contribution in [0.15, 0.2) is 0 Å². The minimum Gasteiger partial charge on any atom is -0.465 e. The van der Waals surface area contributed by atoms with Gasteiger partial charge in [-0.05, 0) is 37.4 Å². The molecule has 4 heteroatoms. The SMILES string of the molecule is CCOC(=O)C1(NC2CC2)CSCCC1(C)C. The lowest BCUT2D eigenvalue weighted by atomic mass is 9.70.